The van der Waals surface area contributed by atoms with Crippen molar-refractivity contribution in [1.29, 1.82) is 5.26 Å². The van der Waals surface area contributed by atoms with Crippen LogP contribution in [0.5, 0.6) is 0 Å². The monoisotopic (exact) mass is 343 g/mol. The summed E-state index contributed by atoms with van der Waals surface area (Å²) in [4.78, 5) is 26.6. The van der Waals surface area contributed by atoms with Crippen molar-refractivity contribution >= 4 is 11.5 Å². The summed E-state index contributed by atoms with van der Waals surface area (Å²) >= 11 is 0. The Kier molecular flexibility index (Phi) is 4.35. The Morgan fingerprint density at radius 3 is 2.68 bits per heavy atom. The van der Waals surface area contributed by atoms with Crippen LogP contribution in [-0.4, -0.2) is 38.0 Å². The number of nitriles is 1. The normalized spacial score (nSPS) is 17.4. The van der Waals surface area contributed by atoms with E-state index in [4.69, 9.17) is 0 Å². The average molecular weight is 343 g/mol. The van der Waals surface area contributed by atoms with Gasteiger partial charge in [0.1, 0.15) is 11.9 Å². The molecular formula is C16H21N7O2. The van der Waals surface area contributed by atoms with Crippen LogP contribution in [0.15, 0.2) is 22.0 Å². The van der Waals surface area contributed by atoms with Crippen LogP contribution in [-0.2, 0) is 21.1 Å². The molecule has 1 fully saturated rings. The maximum Gasteiger partial charge on any atom is 0.332 e. The van der Waals surface area contributed by atoms with E-state index in [-0.39, 0.29) is 17.4 Å². The average Bonchev–Trinajstić information content (AvgIpc) is 3.05. The number of nitrogens with one attached hydrogen (secondary N) is 1. The number of aryl methyl sites for hydroxylation is 1. The van der Waals surface area contributed by atoms with Crippen LogP contribution in [0.25, 0.3) is 0 Å². The SMILES string of the molecule is Cn1cc(N2CCCC(Nc3c(C#N)c(=O)n(C)c(=O)n3C)C2)cn1. The van der Waals surface area contributed by atoms with Gasteiger partial charge in [0, 0.05) is 46.5 Å². The first-order chi connectivity index (χ1) is 11.9. The molecule has 0 aromatic carbocycles. The summed E-state index contributed by atoms with van der Waals surface area (Å²) in [5, 5.41) is 16.8. The number of anilines is 2. The number of rotatable bonds is 3. The van der Waals surface area contributed by atoms with Crippen molar-refractivity contribution in [2.24, 2.45) is 21.1 Å². The Labute approximate surface area is 144 Å². The van der Waals surface area contributed by atoms with Gasteiger partial charge in [-0.3, -0.25) is 18.6 Å². The van der Waals surface area contributed by atoms with E-state index in [2.05, 4.69) is 15.3 Å². The molecule has 1 unspecified atom stereocenters. The fourth-order valence-electron chi connectivity index (χ4n) is 3.21. The van der Waals surface area contributed by atoms with Crippen molar-refractivity contribution in [3.8, 4) is 6.07 Å². The minimum atomic E-state index is -0.576. The highest BCUT2D eigenvalue weighted by Crippen LogP contribution is 2.21. The molecule has 2 aromatic rings. The molecular weight excluding hydrogens is 322 g/mol. The van der Waals surface area contributed by atoms with Crippen LogP contribution in [0, 0.1) is 11.3 Å². The Morgan fingerprint density at radius 2 is 2.04 bits per heavy atom. The molecule has 0 bridgehead atoms. The third-order valence-corrected chi connectivity index (χ3v) is 4.60. The fraction of sp³-hybridized carbons (Fsp3) is 0.500. The van der Waals surface area contributed by atoms with Gasteiger partial charge in [-0.15, -0.1) is 0 Å². The second-order valence-electron chi connectivity index (χ2n) is 6.34. The maximum atomic E-state index is 12.2. The number of hydrogen-bond donors (Lipinski definition) is 1. The number of nitrogens with zero attached hydrogens (tertiary/aromatic N) is 6. The van der Waals surface area contributed by atoms with Gasteiger partial charge in [-0.2, -0.15) is 10.4 Å². The lowest BCUT2D eigenvalue weighted by molar-refractivity contribution is 0.524. The van der Waals surface area contributed by atoms with Crippen LogP contribution in [0.3, 0.4) is 0 Å². The summed E-state index contributed by atoms with van der Waals surface area (Å²) in [6.07, 6.45) is 5.63. The van der Waals surface area contributed by atoms with Crippen LogP contribution >= 0.6 is 0 Å². The highest BCUT2D eigenvalue weighted by molar-refractivity contribution is 5.52. The van der Waals surface area contributed by atoms with Gasteiger partial charge in [0.05, 0.1) is 11.9 Å². The summed E-state index contributed by atoms with van der Waals surface area (Å²) in [7, 11) is 4.81. The number of piperidine rings is 1. The van der Waals surface area contributed by atoms with E-state index in [0.29, 0.717) is 6.54 Å². The molecule has 2 aromatic heterocycles. The van der Waals surface area contributed by atoms with Crippen LogP contribution in [0.4, 0.5) is 11.5 Å². The van der Waals surface area contributed by atoms with Crippen LogP contribution < -0.4 is 21.5 Å². The molecule has 1 saturated heterocycles. The van der Waals surface area contributed by atoms with Crippen LogP contribution in [0.2, 0.25) is 0 Å². The summed E-state index contributed by atoms with van der Waals surface area (Å²) < 4.78 is 4.03. The first-order valence-electron chi connectivity index (χ1n) is 8.12. The van der Waals surface area contributed by atoms with Crippen LogP contribution in [0.1, 0.15) is 18.4 Å². The molecule has 0 spiro atoms. The van der Waals surface area contributed by atoms with Gasteiger partial charge in [-0.05, 0) is 12.8 Å². The van der Waals surface area contributed by atoms with Gasteiger partial charge in [-0.25, -0.2) is 4.79 Å². The lowest BCUT2D eigenvalue weighted by Gasteiger charge is -2.34. The molecule has 0 saturated carbocycles. The molecule has 1 atom stereocenters. The molecule has 1 aliphatic rings. The first-order valence-corrected chi connectivity index (χ1v) is 8.12. The zero-order valence-electron chi connectivity index (χ0n) is 14.6. The standard InChI is InChI=1S/C16H21N7O2/c1-20-10-12(8-18-20)23-6-4-5-11(9-23)19-14-13(7-17)15(24)22(3)16(25)21(14)2/h8,10-11,19H,4-6,9H2,1-3H3. The Hall–Kier alpha value is -3.02. The minimum absolute atomic E-state index is 0.0266. The molecule has 3 heterocycles. The second-order valence-corrected chi connectivity index (χ2v) is 6.34. The topological polar surface area (TPSA) is 101 Å². The van der Waals surface area contributed by atoms with Crippen molar-refractivity contribution < 1.29 is 0 Å². The van der Waals surface area contributed by atoms with E-state index in [1.807, 2.05) is 25.5 Å². The second kappa shape index (κ2) is 6.47. The summed E-state index contributed by atoms with van der Waals surface area (Å²) in [6.45, 7) is 1.63. The number of aromatic nitrogens is 4. The molecule has 132 valence electrons. The largest absolute Gasteiger partial charge is 0.367 e. The van der Waals surface area contributed by atoms with Gasteiger partial charge < -0.3 is 10.2 Å². The van der Waals surface area contributed by atoms with Gasteiger partial charge >= 0.3 is 5.69 Å². The number of hydrogen-bond acceptors (Lipinski definition) is 6. The third-order valence-electron chi connectivity index (χ3n) is 4.60. The van der Waals surface area contributed by atoms with Crippen molar-refractivity contribution in [3.63, 3.8) is 0 Å². The lowest BCUT2D eigenvalue weighted by Crippen LogP contribution is -2.45. The van der Waals surface area contributed by atoms with E-state index in [9.17, 15) is 14.9 Å². The smallest absolute Gasteiger partial charge is 0.332 e. The van der Waals surface area contributed by atoms with Gasteiger partial charge in [0.25, 0.3) is 5.56 Å². The summed E-state index contributed by atoms with van der Waals surface area (Å²) in [6, 6.07) is 1.95. The van der Waals surface area contributed by atoms with Crippen molar-refractivity contribution in [2.75, 3.05) is 23.3 Å². The first kappa shape index (κ1) is 16.8. The van der Waals surface area contributed by atoms with Gasteiger partial charge in [0.15, 0.2) is 5.56 Å². The highest BCUT2D eigenvalue weighted by atomic mass is 16.2. The summed E-state index contributed by atoms with van der Waals surface area (Å²) in [5.41, 5.74) is -0.0325. The van der Waals surface area contributed by atoms with E-state index in [0.717, 1.165) is 29.6 Å². The molecule has 0 radical (unpaired) electrons. The molecule has 25 heavy (non-hydrogen) atoms. The van der Waals surface area contributed by atoms with Crippen molar-refractivity contribution in [1.82, 2.24) is 18.9 Å². The molecule has 1 N–H and O–H groups in total. The maximum absolute atomic E-state index is 12.2. The van der Waals surface area contributed by atoms with Crippen molar-refractivity contribution in [3.05, 3.63) is 38.8 Å². The molecule has 9 heteroatoms. The third kappa shape index (κ3) is 3.03. The Balaban J connectivity index is 1.89. The zero-order valence-corrected chi connectivity index (χ0v) is 14.6. The summed E-state index contributed by atoms with van der Waals surface area (Å²) in [5.74, 6) is 0.286. The van der Waals surface area contributed by atoms with E-state index in [1.165, 1.54) is 11.6 Å². The Bertz CT molecular complexity index is 947. The molecule has 9 nitrogen and oxygen atoms in total. The predicted octanol–water partition coefficient (Wildman–Crippen LogP) is -0.230. The van der Waals surface area contributed by atoms with E-state index in [1.54, 1.807) is 11.7 Å². The lowest BCUT2D eigenvalue weighted by atomic mass is 10.1. The zero-order chi connectivity index (χ0) is 18.1. The molecule has 0 aliphatic carbocycles. The van der Waals surface area contributed by atoms with Crippen molar-refractivity contribution in [2.45, 2.75) is 18.9 Å². The van der Waals surface area contributed by atoms with Gasteiger partial charge in [-0.1, -0.05) is 0 Å². The van der Waals surface area contributed by atoms with Gasteiger partial charge in [0.2, 0.25) is 0 Å². The minimum Gasteiger partial charge on any atom is -0.367 e. The molecule has 1 aliphatic heterocycles. The molecule has 3 rings (SSSR count). The molecule has 0 amide bonds. The van der Waals surface area contributed by atoms with E-state index >= 15 is 0 Å². The fourth-order valence-corrected chi connectivity index (χ4v) is 3.21. The Morgan fingerprint density at radius 1 is 1.28 bits per heavy atom. The highest BCUT2D eigenvalue weighted by Gasteiger charge is 2.24. The van der Waals surface area contributed by atoms with E-state index < -0.39 is 11.2 Å². The predicted molar refractivity (Wildman–Crippen MR) is 93.7 cm³/mol. The quantitative estimate of drug-likeness (QED) is 0.826.